The van der Waals surface area contributed by atoms with Crippen LogP contribution in [0.1, 0.15) is 45.7 Å². The monoisotopic (exact) mass is 467 g/mol. The Balaban J connectivity index is 0.00000529. The lowest BCUT2D eigenvalue weighted by molar-refractivity contribution is 0.560. The van der Waals surface area contributed by atoms with Crippen LogP contribution in [0.25, 0.3) is 0 Å². The molecule has 5 nitrogen and oxygen atoms in total. The number of halogens is 1. The van der Waals surface area contributed by atoms with Crippen LogP contribution >= 0.6 is 24.0 Å². The molecule has 24 heavy (non-hydrogen) atoms. The van der Waals surface area contributed by atoms with Gasteiger partial charge in [-0.3, -0.25) is 4.99 Å². The number of para-hydroxylation sites is 1. The van der Waals surface area contributed by atoms with Gasteiger partial charge < -0.3 is 11.1 Å². The second kappa shape index (κ2) is 9.60. The van der Waals surface area contributed by atoms with Crippen LogP contribution in [0.3, 0.4) is 0 Å². The van der Waals surface area contributed by atoms with Crippen molar-refractivity contribution >= 4 is 45.5 Å². The molecule has 3 N–H and O–H groups in total. The molecule has 0 aromatic heterocycles. The normalized spacial score (nSPS) is 12.6. The number of guanidine groups is 1. The Kier molecular flexibility index (Phi) is 9.27. The van der Waals surface area contributed by atoms with Crippen LogP contribution in [0.15, 0.2) is 23.2 Å². The van der Waals surface area contributed by atoms with Gasteiger partial charge in [0.25, 0.3) is 0 Å². The van der Waals surface area contributed by atoms with Gasteiger partial charge in [0.05, 0.1) is 17.0 Å². The maximum absolute atomic E-state index is 12.1. The molecular weight excluding hydrogens is 437 g/mol. The van der Waals surface area contributed by atoms with Gasteiger partial charge in [0.1, 0.15) is 0 Å². The van der Waals surface area contributed by atoms with E-state index in [1.165, 1.54) is 11.1 Å². The first-order chi connectivity index (χ1) is 10.6. The first-order valence-corrected chi connectivity index (χ1v) is 9.67. The standard InChI is InChI=1S/C17H29N3O2S.HI/c1-6-13-9-8-10-14(7-2)15(13)20-16(18)19-11-12-23(21,22)17(3,4)5;/h8-10H,6-7,11-12H2,1-5H3,(H3,18,19,20);1H. The van der Waals surface area contributed by atoms with Crippen LogP contribution in [-0.4, -0.2) is 31.4 Å². The van der Waals surface area contributed by atoms with Gasteiger partial charge in [0, 0.05) is 5.69 Å². The van der Waals surface area contributed by atoms with Gasteiger partial charge in [-0.15, -0.1) is 24.0 Å². The van der Waals surface area contributed by atoms with E-state index in [-0.39, 0.29) is 42.2 Å². The predicted molar refractivity (Wildman–Crippen MR) is 114 cm³/mol. The molecular formula is C17H30IN3O2S. The van der Waals surface area contributed by atoms with E-state index in [0.717, 1.165) is 18.5 Å². The highest BCUT2D eigenvalue weighted by molar-refractivity contribution is 14.0. The quantitative estimate of drug-likeness (QED) is 0.382. The first-order valence-electron chi connectivity index (χ1n) is 8.02. The highest BCUT2D eigenvalue weighted by atomic mass is 127. The molecule has 0 bridgehead atoms. The molecule has 138 valence electrons. The predicted octanol–water partition coefficient (Wildman–Crippen LogP) is 3.37. The molecule has 0 amide bonds. The second-order valence-electron chi connectivity index (χ2n) is 6.48. The Morgan fingerprint density at radius 1 is 1.17 bits per heavy atom. The van der Waals surface area contributed by atoms with E-state index in [4.69, 9.17) is 5.73 Å². The number of benzene rings is 1. The number of nitrogens with zero attached hydrogens (tertiary/aromatic N) is 1. The maximum Gasteiger partial charge on any atom is 0.193 e. The van der Waals surface area contributed by atoms with Gasteiger partial charge >= 0.3 is 0 Å². The Labute approximate surface area is 163 Å². The number of aliphatic imine (C=N–C) groups is 1. The number of hydrogen-bond donors (Lipinski definition) is 2. The molecule has 0 radical (unpaired) electrons. The van der Waals surface area contributed by atoms with Gasteiger partial charge in [-0.25, -0.2) is 8.42 Å². The zero-order chi connectivity index (χ0) is 17.7. The number of rotatable bonds is 6. The maximum atomic E-state index is 12.1. The molecule has 1 aromatic rings. The number of hydrogen-bond acceptors (Lipinski definition) is 3. The van der Waals surface area contributed by atoms with E-state index in [2.05, 4.69) is 36.3 Å². The third kappa shape index (κ3) is 6.23. The molecule has 0 atom stereocenters. The van der Waals surface area contributed by atoms with Gasteiger partial charge in [-0.05, 0) is 44.7 Å². The van der Waals surface area contributed by atoms with Crippen molar-refractivity contribution in [3.05, 3.63) is 29.3 Å². The third-order valence-corrected chi connectivity index (χ3v) is 6.41. The Morgan fingerprint density at radius 3 is 2.08 bits per heavy atom. The lowest BCUT2D eigenvalue weighted by Crippen LogP contribution is -2.32. The Bertz CT molecular complexity index is 643. The fraction of sp³-hybridized carbons (Fsp3) is 0.588. The number of nitrogens with two attached hydrogens (primary N) is 1. The summed E-state index contributed by atoms with van der Waals surface area (Å²) in [5.74, 6) is 0.249. The number of sulfone groups is 1. The fourth-order valence-corrected chi connectivity index (χ4v) is 3.11. The summed E-state index contributed by atoms with van der Waals surface area (Å²) in [4.78, 5) is 4.17. The molecule has 0 aliphatic heterocycles. The summed E-state index contributed by atoms with van der Waals surface area (Å²) in [6.45, 7) is 9.41. The minimum atomic E-state index is -3.18. The molecule has 0 spiro atoms. The molecule has 0 heterocycles. The molecule has 0 saturated heterocycles. The molecule has 0 unspecified atom stereocenters. The Morgan fingerprint density at radius 2 is 1.67 bits per heavy atom. The van der Waals surface area contributed by atoms with Crippen molar-refractivity contribution < 1.29 is 8.42 Å². The summed E-state index contributed by atoms with van der Waals surface area (Å²) >= 11 is 0. The van der Waals surface area contributed by atoms with E-state index in [1.807, 2.05) is 6.07 Å². The van der Waals surface area contributed by atoms with Crippen molar-refractivity contribution in [1.82, 2.24) is 0 Å². The van der Waals surface area contributed by atoms with Crippen molar-refractivity contribution in [1.29, 1.82) is 0 Å². The number of nitrogens with one attached hydrogen (secondary N) is 1. The van der Waals surface area contributed by atoms with Gasteiger partial charge in [0.15, 0.2) is 15.8 Å². The summed E-state index contributed by atoms with van der Waals surface area (Å²) < 4.78 is 23.4. The number of anilines is 1. The lowest BCUT2D eigenvalue weighted by Gasteiger charge is -2.18. The van der Waals surface area contributed by atoms with Crippen LogP contribution in [0.2, 0.25) is 0 Å². The van der Waals surface area contributed by atoms with Crippen LogP contribution in [0.5, 0.6) is 0 Å². The number of aryl methyl sites for hydroxylation is 2. The molecule has 1 aromatic carbocycles. The van der Waals surface area contributed by atoms with Crippen LogP contribution in [0, 0.1) is 0 Å². The van der Waals surface area contributed by atoms with Crippen LogP contribution in [0.4, 0.5) is 5.69 Å². The van der Waals surface area contributed by atoms with E-state index < -0.39 is 14.6 Å². The molecule has 0 fully saturated rings. The molecule has 0 aliphatic carbocycles. The SMILES string of the molecule is CCc1cccc(CC)c1NC(N)=NCCS(=O)(=O)C(C)(C)C.I. The van der Waals surface area contributed by atoms with Crippen molar-refractivity contribution in [2.24, 2.45) is 10.7 Å². The summed E-state index contributed by atoms with van der Waals surface area (Å²) in [6.07, 6.45) is 1.78. The van der Waals surface area contributed by atoms with Crippen molar-refractivity contribution in [3.8, 4) is 0 Å². The second-order valence-corrected chi connectivity index (χ2v) is 9.34. The van der Waals surface area contributed by atoms with E-state index in [0.29, 0.717) is 0 Å². The Hall–Kier alpha value is -0.830. The topological polar surface area (TPSA) is 84.5 Å². The van der Waals surface area contributed by atoms with Crippen molar-refractivity contribution in [2.75, 3.05) is 17.6 Å². The van der Waals surface area contributed by atoms with Gasteiger partial charge in [-0.2, -0.15) is 0 Å². The summed E-state index contributed by atoms with van der Waals surface area (Å²) in [5.41, 5.74) is 9.26. The summed E-state index contributed by atoms with van der Waals surface area (Å²) in [5, 5.41) is 3.14. The smallest absolute Gasteiger partial charge is 0.193 e. The average Bonchev–Trinajstić information content (AvgIpc) is 2.46. The minimum absolute atomic E-state index is 0. The van der Waals surface area contributed by atoms with Crippen molar-refractivity contribution in [3.63, 3.8) is 0 Å². The largest absolute Gasteiger partial charge is 0.370 e. The highest BCUT2D eigenvalue weighted by Gasteiger charge is 2.28. The molecule has 1 rings (SSSR count). The zero-order valence-electron chi connectivity index (χ0n) is 15.2. The fourth-order valence-electron chi connectivity index (χ4n) is 2.16. The average molecular weight is 467 g/mol. The van der Waals surface area contributed by atoms with E-state index >= 15 is 0 Å². The van der Waals surface area contributed by atoms with Crippen LogP contribution < -0.4 is 11.1 Å². The molecule has 7 heteroatoms. The first kappa shape index (κ1) is 23.2. The summed E-state index contributed by atoms with van der Waals surface area (Å²) in [6, 6.07) is 6.14. The minimum Gasteiger partial charge on any atom is -0.370 e. The van der Waals surface area contributed by atoms with Gasteiger partial charge in [0.2, 0.25) is 0 Å². The van der Waals surface area contributed by atoms with Gasteiger partial charge in [-0.1, -0.05) is 32.0 Å². The van der Waals surface area contributed by atoms with Crippen LogP contribution in [-0.2, 0) is 22.7 Å². The summed E-state index contributed by atoms with van der Waals surface area (Å²) in [7, 11) is -3.18. The van der Waals surface area contributed by atoms with E-state index in [9.17, 15) is 8.42 Å². The molecule has 0 saturated carbocycles. The van der Waals surface area contributed by atoms with Crippen molar-refractivity contribution in [2.45, 2.75) is 52.2 Å². The zero-order valence-corrected chi connectivity index (χ0v) is 18.4. The highest BCUT2D eigenvalue weighted by Crippen LogP contribution is 2.22. The van der Waals surface area contributed by atoms with E-state index in [1.54, 1.807) is 20.8 Å². The molecule has 0 aliphatic rings. The third-order valence-electron chi connectivity index (χ3n) is 3.83. The lowest BCUT2D eigenvalue weighted by atomic mass is 10.0.